The van der Waals surface area contributed by atoms with Crippen LogP contribution < -0.4 is 10.1 Å². The monoisotopic (exact) mass is 386 g/mol. The van der Waals surface area contributed by atoms with Crippen LogP contribution >= 0.6 is 0 Å². The van der Waals surface area contributed by atoms with E-state index >= 15 is 0 Å². The summed E-state index contributed by atoms with van der Waals surface area (Å²) in [5.41, 5.74) is 3.68. The van der Waals surface area contributed by atoms with Gasteiger partial charge in [0, 0.05) is 6.54 Å². The van der Waals surface area contributed by atoms with Gasteiger partial charge in [-0.2, -0.15) is 8.78 Å². The molecule has 0 saturated carbocycles. The van der Waals surface area contributed by atoms with Gasteiger partial charge in [0.1, 0.15) is 5.75 Å². The number of ether oxygens (including phenoxy) is 1. The first kappa shape index (κ1) is 19.5. The highest BCUT2D eigenvalue weighted by Crippen LogP contribution is 2.18. The van der Waals surface area contributed by atoms with Gasteiger partial charge >= 0.3 is 6.61 Å². The second kappa shape index (κ2) is 8.60. The van der Waals surface area contributed by atoms with Crippen LogP contribution in [-0.4, -0.2) is 34.1 Å². The zero-order valence-electron chi connectivity index (χ0n) is 15.5. The van der Waals surface area contributed by atoms with Crippen LogP contribution in [0, 0.1) is 13.8 Å². The van der Waals surface area contributed by atoms with Crippen molar-refractivity contribution in [1.29, 1.82) is 0 Å². The van der Waals surface area contributed by atoms with Crippen molar-refractivity contribution < 1.29 is 18.3 Å². The molecule has 1 amide bonds. The number of rotatable bonds is 7. The van der Waals surface area contributed by atoms with Crippen molar-refractivity contribution >= 4 is 5.91 Å². The molecule has 0 aliphatic rings. The standard InChI is InChI=1S/C20H20F2N4O2/c1-13-4-3-5-15(12-13)10-11-23-19(27)18-14(2)26(25-24-18)16-6-8-17(9-7-16)28-20(21)22/h3-9,12,20H,10-11H2,1-2H3,(H,23,27). The molecule has 1 aromatic heterocycles. The second-order valence-electron chi connectivity index (χ2n) is 6.30. The molecule has 0 unspecified atom stereocenters. The molecule has 28 heavy (non-hydrogen) atoms. The van der Waals surface area contributed by atoms with Crippen LogP contribution in [0.15, 0.2) is 48.5 Å². The Morgan fingerprint density at radius 2 is 1.93 bits per heavy atom. The summed E-state index contributed by atoms with van der Waals surface area (Å²) in [6, 6.07) is 14.1. The number of amides is 1. The number of nitrogens with zero attached hydrogens (tertiary/aromatic N) is 3. The Morgan fingerprint density at radius 1 is 1.18 bits per heavy atom. The zero-order chi connectivity index (χ0) is 20.1. The van der Waals surface area contributed by atoms with E-state index in [1.54, 1.807) is 19.1 Å². The zero-order valence-corrected chi connectivity index (χ0v) is 15.5. The van der Waals surface area contributed by atoms with Gasteiger partial charge in [-0.1, -0.05) is 35.0 Å². The number of aryl methyl sites for hydroxylation is 1. The molecule has 0 radical (unpaired) electrons. The first-order valence-corrected chi connectivity index (χ1v) is 8.75. The molecule has 6 nitrogen and oxygen atoms in total. The number of halogens is 2. The molecule has 3 rings (SSSR count). The van der Waals surface area contributed by atoms with Gasteiger partial charge in [-0.15, -0.1) is 5.10 Å². The van der Waals surface area contributed by atoms with Gasteiger partial charge < -0.3 is 10.1 Å². The smallest absolute Gasteiger partial charge is 0.387 e. The molecule has 0 atom stereocenters. The summed E-state index contributed by atoms with van der Waals surface area (Å²) in [4.78, 5) is 12.4. The van der Waals surface area contributed by atoms with Gasteiger partial charge in [-0.3, -0.25) is 4.79 Å². The molecule has 1 heterocycles. The van der Waals surface area contributed by atoms with Crippen LogP contribution in [0.3, 0.4) is 0 Å². The van der Waals surface area contributed by atoms with E-state index in [4.69, 9.17) is 0 Å². The lowest BCUT2D eigenvalue weighted by Crippen LogP contribution is -2.26. The topological polar surface area (TPSA) is 69.0 Å². The van der Waals surface area contributed by atoms with Crippen molar-refractivity contribution in [3.8, 4) is 11.4 Å². The molecular formula is C20H20F2N4O2. The third-order valence-electron chi connectivity index (χ3n) is 4.20. The van der Waals surface area contributed by atoms with Crippen molar-refractivity contribution in [3.05, 3.63) is 71.0 Å². The third-order valence-corrected chi connectivity index (χ3v) is 4.20. The van der Waals surface area contributed by atoms with Crippen LogP contribution in [-0.2, 0) is 6.42 Å². The summed E-state index contributed by atoms with van der Waals surface area (Å²) in [5, 5.41) is 10.8. The average Bonchev–Trinajstić information content (AvgIpc) is 3.03. The Morgan fingerprint density at radius 3 is 2.61 bits per heavy atom. The van der Waals surface area contributed by atoms with E-state index in [-0.39, 0.29) is 17.4 Å². The van der Waals surface area contributed by atoms with Gasteiger partial charge in [0.05, 0.1) is 11.4 Å². The number of carbonyl (C=O) groups is 1. The molecule has 0 aliphatic carbocycles. The van der Waals surface area contributed by atoms with Crippen molar-refractivity contribution in [2.75, 3.05) is 6.54 Å². The predicted octanol–water partition coefficient (Wildman–Crippen LogP) is 3.46. The normalized spacial score (nSPS) is 10.9. The summed E-state index contributed by atoms with van der Waals surface area (Å²) < 4.78 is 30.3. The highest BCUT2D eigenvalue weighted by atomic mass is 19.3. The maximum Gasteiger partial charge on any atom is 0.387 e. The van der Waals surface area contributed by atoms with E-state index in [0.717, 1.165) is 5.56 Å². The molecule has 3 aromatic rings. The van der Waals surface area contributed by atoms with Crippen LogP contribution in [0.4, 0.5) is 8.78 Å². The van der Waals surface area contributed by atoms with Gasteiger partial charge in [0.2, 0.25) is 0 Å². The summed E-state index contributed by atoms with van der Waals surface area (Å²) >= 11 is 0. The Hall–Kier alpha value is -3.29. The summed E-state index contributed by atoms with van der Waals surface area (Å²) in [7, 11) is 0. The van der Waals surface area contributed by atoms with Crippen LogP contribution in [0.25, 0.3) is 5.69 Å². The number of alkyl halides is 2. The number of nitrogens with one attached hydrogen (secondary N) is 1. The van der Waals surface area contributed by atoms with Crippen molar-refractivity contribution in [2.45, 2.75) is 26.9 Å². The van der Waals surface area contributed by atoms with Crippen molar-refractivity contribution in [3.63, 3.8) is 0 Å². The van der Waals surface area contributed by atoms with Crippen molar-refractivity contribution in [1.82, 2.24) is 20.3 Å². The number of benzene rings is 2. The highest BCUT2D eigenvalue weighted by molar-refractivity contribution is 5.93. The average molecular weight is 386 g/mol. The number of aromatic nitrogens is 3. The quantitative estimate of drug-likeness (QED) is 0.675. The Labute approximate surface area is 161 Å². The lowest BCUT2D eigenvalue weighted by Gasteiger charge is -2.07. The summed E-state index contributed by atoms with van der Waals surface area (Å²) in [6.45, 7) is 1.34. The van der Waals surface area contributed by atoms with Gasteiger partial charge in [0.25, 0.3) is 5.91 Å². The molecule has 8 heteroatoms. The SMILES string of the molecule is Cc1cccc(CCNC(=O)c2nnn(-c3ccc(OC(F)F)cc3)c2C)c1. The molecule has 2 aromatic carbocycles. The Bertz CT molecular complexity index is 955. The lowest BCUT2D eigenvalue weighted by atomic mass is 10.1. The predicted molar refractivity (Wildman–Crippen MR) is 99.9 cm³/mol. The van der Waals surface area contributed by atoms with E-state index < -0.39 is 6.61 Å². The highest BCUT2D eigenvalue weighted by Gasteiger charge is 2.17. The first-order chi connectivity index (χ1) is 13.4. The van der Waals surface area contributed by atoms with Crippen LogP contribution in [0.1, 0.15) is 27.3 Å². The minimum Gasteiger partial charge on any atom is -0.435 e. The van der Waals surface area contributed by atoms with E-state index in [2.05, 4.69) is 26.4 Å². The van der Waals surface area contributed by atoms with Gasteiger partial charge in [0.15, 0.2) is 5.69 Å². The maximum absolute atomic E-state index is 12.4. The molecule has 0 fully saturated rings. The fourth-order valence-electron chi connectivity index (χ4n) is 2.82. The minimum atomic E-state index is -2.88. The molecule has 0 saturated heterocycles. The summed E-state index contributed by atoms with van der Waals surface area (Å²) in [6.07, 6.45) is 0.714. The largest absolute Gasteiger partial charge is 0.435 e. The van der Waals surface area contributed by atoms with E-state index in [9.17, 15) is 13.6 Å². The van der Waals surface area contributed by atoms with Gasteiger partial charge in [-0.25, -0.2) is 4.68 Å². The van der Waals surface area contributed by atoms with E-state index in [1.165, 1.54) is 22.4 Å². The van der Waals surface area contributed by atoms with E-state index in [0.29, 0.717) is 24.3 Å². The molecule has 1 N–H and O–H groups in total. The maximum atomic E-state index is 12.4. The Balaban J connectivity index is 1.64. The van der Waals surface area contributed by atoms with Crippen molar-refractivity contribution in [2.24, 2.45) is 0 Å². The molecule has 146 valence electrons. The van der Waals surface area contributed by atoms with Crippen LogP contribution in [0.2, 0.25) is 0 Å². The second-order valence-corrected chi connectivity index (χ2v) is 6.30. The minimum absolute atomic E-state index is 0.0469. The summed E-state index contributed by atoms with van der Waals surface area (Å²) in [5.74, 6) is -0.264. The first-order valence-electron chi connectivity index (χ1n) is 8.75. The van der Waals surface area contributed by atoms with Crippen LogP contribution in [0.5, 0.6) is 5.75 Å². The van der Waals surface area contributed by atoms with Gasteiger partial charge in [-0.05, 0) is 50.1 Å². The van der Waals surface area contributed by atoms with E-state index in [1.807, 2.05) is 25.1 Å². The fraction of sp³-hybridized carbons (Fsp3) is 0.250. The number of carbonyl (C=O) groups excluding carboxylic acids is 1. The molecule has 0 bridgehead atoms. The molecule has 0 spiro atoms. The molecular weight excluding hydrogens is 366 g/mol. The number of hydrogen-bond donors (Lipinski definition) is 1. The fourth-order valence-corrected chi connectivity index (χ4v) is 2.82. The third kappa shape index (κ3) is 4.70. The Kier molecular flexibility index (Phi) is 5.98. The number of hydrogen-bond acceptors (Lipinski definition) is 4. The lowest BCUT2D eigenvalue weighted by molar-refractivity contribution is -0.0498. The molecule has 0 aliphatic heterocycles.